The third-order valence-corrected chi connectivity index (χ3v) is 6.24. The largest absolute Gasteiger partial charge is 0.387 e. The maximum atomic E-state index is 10.5. The lowest BCUT2D eigenvalue weighted by atomic mass is 10.1. The van der Waals surface area contributed by atoms with Crippen molar-refractivity contribution in [3.8, 4) is 0 Å². The SMILES string of the molecule is CCCCCCCCSC(C)C(O)c1ccc(SC(C)C)cc1. The number of hydrogen-bond acceptors (Lipinski definition) is 3. The molecule has 1 aromatic rings. The van der Waals surface area contributed by atoms with Crippen molar-refractivity contribution >= 4 is 23.5 Å². The van der Waals surface area contributed by atoms with E-state index in [0.29, 0.717) is 5.25 Å². The van der Waals surface area contributed by atoms with Crippen LogP contribution in [-0.2, 0) is 0 Å². The zero-order chi connectivity index (χ0) is 17.1. The normalized spacial score (nSPS) is 14.2. The maximum Gasteiger partial charge on any atom is 0.0905 e. The second kappa shape index (κ2) is 12.3. The van der Waals surface area contributed by atoms with Crippen LogP contribution < -0.4 is 0 Å². The van der Waals surface area contributed by atoms with Crippen LogP contribution in [0.4, 0.5) is 0 Å². The molecule has 0 aromatic heterocycles. The molecular weight excluding hydrogens is 320 g/mol. The van der Waals surface area contributed by atoms with Crippen LogP contribution in [0.3, 0.4) is 0 Å². The van der Waals surface area contributed by atoms with Gasteiger partial charge in [0.2, 0.25) is 0 Å². The third kappa shape index (κ3) is 9.07. The summed E-state index contributed by atoms with van der Waals surface area (Å²) in [6, 6.07) is 8.43. The van der Waals surface area contributed by atoms with Gasteiger partial charge in [-0.25, -0.2) is 0 Å². The highest BCUT2D eigenvalue weighted by Crippen LogP contribution is 2.29. The Morgan fingerprint density at radius 1 is 0.913 bits per heavy atom. The van der Waals surface area contributed by atoms with Crippen LogP contribution in [0.5, 0.6) is 0 Å². The van der Waals surface area contributed by atoms with Gasteiger partial charge < -0.3 is 5.11 Å². The lowest BCUT2D eigenvalue weighted by Gasteiger charge is -2.19. The summed E-state index contributed by atoms with van der Waals surface area (Å²) in [6.45, 7) is 8.80. The summed E-state index contributed by atoms with van der Waals surface area (Å²) in [7, 11) is 0. The molecule has 0 saturated carbocycles. The van der Waals surface area contributed by atoms with Gasteiger partial charge in [0.1, 0.15) is 0 Å². The number of benzene rings is 1. The molecule has 0 spiro atoms. The average Bonchev–Trinajstić information content (AvgIpc) is 2.53. The molecule has 132 valence electrons. The number of unbranched alkanes of at least 4 members (excludes halogenated alkanes) is 5. The monoisotopic (exact) mass is 354 g/mol. The first-order valence-electron chi connectivity index (χ1n) is 9.10. The summed E-state index contributed by atoms with van der Waals surface area (Å²) in [5.74, 6) is 1.16. The molecule has 2 unspecified atom stereocenters. The van der Waals surface area contributed by atoms with Crippen LogP contribution in [0.25, 0.3) is 0 Å². The van der Waals surface area contributed by atoms with Gasteiger partial charge in [0.25, 0.3) is 0 Å². The molecule has 0 saturated heterocycles. The van der Waals surface area contributed by atoms with Crippen molar-refractivity contribution in [3.05, 3.63) is 29.8 Å². The van der Waals surface area contributed by atoms with E-state index in [4.69, 9.17) is 0 Å². The number of aliphatic hydroxyl groups is 1. The third-order valence-electron chi connectivity index (χ3n) is 3.92. The zero-order valence-electron chi connectivity index (χ0n) is 15.3. The topological polar surface area (TPSA) is 20.2 Å². The predicted octanol–water partition coefficient (Wildman–Crippen LogP) is 6.70. The Balaban J connectivity index is 2.28. The van der Waals surface area contributed by atoms with Gasteiger partial charge in [0.05, 0.1) is 6.10 Å². The summed E-state index contributed by atoms with van der Waals surface area (Å²) in [4.78, 5) is 1.28. The molecule has 1 rings (SSSR count). The smallest absolute Gasteiger partial charge is 0.0905 e. The molecule has 0 radical (unpaired) electrons. The van der Waals surface area contributed by atoms with Crippen LogP contribution in [0.1, 0.15) is 77.9 Å². The minimum absolute atomic E-state index is 0.259. The molecule has 1 N–H and O–H groups in total. The van der Waals surface area contributed by atoms with Gasteiger partial charge in [0.15, 0.2) is 0 Å². The Morgan fingerprint density at radius 3 is 2.13 bits per heavy atom. The summed E-state index contributed by atoms with van der Waals surface area (Å²) in [6.07, 6.45) is 7.66. The van der Waals surface area contributed by atoms with Crippen molar-refractivity contribution < 1.29 is 5.11 Å². The highest BCUT2D eigenvalue weighted by atomic mass is 32.2. The standard InChI is InChI=1S/C20H34OS2/c1-5-6-7-8-9-10-15-22-17(4)20(21)18-11-13-19(14-12-18)23-16(2)3/h11-14,16-17,20-21H,5-10,15H2,1-4H3. The van der Waals surface area contributed by atoms with Crippen molar-refractivity contribution in [2.75, 3.05) is 5.75 Å². The van der Waals surface area contributed by atoms with Gasteiger partial charge in [-0.1, -0.05) is 71.9 Å². The van der Waals surface area contributed by atoms with E-state index in [1.54, 1.807) is 0 Å². The van der Waals surface area contributed by atoms with Crippen molar-refractivity contribution in [1.29, 1.82) is 0 Å². The fraction of sp³-hybridized carbons (Fsp3) is 0.700. The number of hydrogen-bond donors (Lipinski definition) is 1. The molecule has 0 fully saturated rings. The van der Waals surface area contributed by atoms with E-state index in [1.165, 1.54) is 43.4 Å². The van der Waals surface area contributed by atoms with E-state index < -0.39 is 0 Å². The van der Waals surface area contributed by atoms with E-state index in [1.807, 2.05) is 23.5 Å². The van der Waals surface area contributed by atoms with E-state index >= 15 is 0 Å². The maximum absolute atomic E-state index is 10.5. The second-order valence-electron chi connectivity index (χ2n) is 6.52. The summed E-state index contributed by atoms with van der Waals surface area (Å²) in [5, 5.41) is 11.4. The molecule has 0 bridgehead atoms. The van der Waals surface area contributed by atoms with Crippen LogP contribution in [0.2, 0.25) is 0 Å². The fourth-order valence-electron chi connectivity index (χ4n) is 2.53. The molecule has 1 nitrogen and oxygen atoms in total. The first kappa shape index (κ1) is 20.9. The van der Waals surface area contributed by atoms with Crippen LogP contribution in [0.15, 0.2) is 29.2 Å². The molecule has 0 aliphatic heterocycles. The molecular formula is C20H34OS2. The predicted molar refractivity (Wildman–Crippen MR) is 108 cm³/mol. The quantitative estimate of drug-likeness (QED) is 0.333. The molecule has 2 atom stereocenters. The molecule has 0 heterocycles. The highest BCUT2D eigenvalue weighted by molar-refractivity contribution is 8.00. The molecule has 0 aliphatic rings. The number of thioether (sulfide) groups is 2. The van der Waals surface area contributed by atoms with E-state index in [9.17, 15) is 5.11 Å². The molecule has 0 aliphatic carbocycles. The lowest BCUT2D eigenvalue weighted by molar-refractivity contribution is 0.179. The summed E-state index contributed by atoms with van der Waals surface area (Å²) < 4.78 is 0. The van der Waals surface area contributed by atoms with Crippen LogP contribution >= 0.6 is 23.5 Å². The minimum atomic E-state index is -0.363. The first-order chi connectivity index (χ1) is 11.0. The number of rotatable bonds is 12. The van der Waals surface area contributed by atoms with Gasteiger partial charge in [0, 0.05) is 15.4 Å². The Morgan fingerprint density at radius 2 is 1.52 bits per heavy atom. The summed E-state index contributed by atoms with van der Waals surface area (Å²) in [5.41, 5.74) is 1.04. The van der Waals surface area contributed by atoms with Crippen molar-refractivity contribution in [3.63, 3.8) is 0 Å². The molecule has 3 heteroatoms. The van der Waals surface area contributed by atoms with Crippen molar-refractivity contribution in [1.82, 2.24) is 0 Å². The van der Waals surface area contributed by atoms with E-state index in [2.05, 4.69) is 52.0 Å². The first-order valence-corrected chi connectivity index (χ1v) is 11.0. The van der Waals surface area contributed by atoms with Gasteiger partial charge >= 0.3 is 0 Å². The fourth-order valence-corrected chi connectivity index (χ4v) is 4.45. The Bertz CT molecular complexity index is 403. The Kier molecular flexibility index (Phi) is 11.2. The van der Waals surface area contributed by atoms with Gasteiger partial charge in [-0.2, -0.15) is 11.8 Å². The van der Waals surface area contributed by atoms with Crippen molar-refractivity contribution in [2.45, 2.75) is 87.7 Å². The average molecular weight is 355 g/mol. The molecule has 0 amide bonds. The van der Waals surface area contributed by atoms with Gasteiger partial charge in [-0.05, 0) is 29.9 Å². The van der Waals surface area contributed by atoms with E-state index in [-0.39, 0.29) is 11.4 Å². The van der Waals surface area contributed by atoms with E-state index in [0.717, 1.165) is 11.3 Å². The van der Waals surface area contributed by atoms with Gasteiger partial charge in [-0.15, -0.1) is 11.8 Å². The summed E-state index contributed by atoms with van der Waals surface area (Å²) >= 11 is 3.77. The second-order valence-corrected chi connectivity index (χ2v) is 9.66. The molecule has 1 aromatic carbocycles. The van der Waals surface area contributed by atoms with Crippen LogP contribution in [0, 0.1) is 0 Å². The zero-order valence-corrected chi connectivity index (χ0v) is 16.9. The number of aliphatic hydroxyl groups excluding tert-OH is 1. The molecule has 23 heavy (non-hydrogen) atoms. The van der Waals surface area contributed by atoms with Crippen molar-refractivity contribution in [2.24, 2.45) is 0 Å². The van der Waals surface area contributed by atoms with Gasteiger partial charge in [-0.3, -0.25) is 0 Å². The highest BCUT2D eigenvalue weighted by Gasteiger charge is 2.16. The minimum Gasteiger partial charge on any atom is -0.387 e. The Labute approximate surface area is 152 Å². The lowest BCUT2D eigenvalue weighted by Crippen LogP contribution is -2.11. The van der Waals surface area contributed by atoms with Crippen LogP contribution in [-0.4, -0.2) is 21.4 Å². The Hall–Kier alpha value is -0.120.